The number of quaternary nitrogens is 1. The number of halogens is 1. The molecule has 0 N–H and O–H groups in total. The molecule has 0 aromatic carbocycles. The highest BCUT2D eigenvalue weighted by Gasteiger charge is 2.46. The van der Waals surface area contributed by atoms with Crippen molar-refractivity contribution in [3.05, 3.63) is 0 Å². The second kappa shape index (κ2) is 21.8. The SMILES string of the molecule is CCCCCCCCCCCCCCCCCC[N+](C)(C)CCC[Si](OCC1CO1)(OCC1CO1)OCC1CO1.[Cl-]. The van der Waals surface area contributed by atoms with Crippen molar-refractivity contribution in [1.82, 2.24) is 0 Å². The topological polar surface area (TPSA) is 65.3 Å². The fourth-order valence-electron chi connectivity index (χ4n) is 5.42. The summed E-state index contributed by atoms with van der Waals surface area (Å²) < 4.78 is 36.3. The number of hydrogen-bond donors (Lipinski definition) is 0. The number of rotatable bonds is 30. The first-order valence-electron chi connectivity index (χ1n) is 17.1. The molecule has 41 heavy (non-hydrogen) atoms. The van der Waals surface area contributed by atoms with Crippen LogP contribution in [0.25, 0.3) is 0 Å². The minimum absolute atomic E-state index is 0. The van der Waals surface area contributed by atoms with E-state index in [0.29, 0.717) is 19.8 Å². The van der Waals surface area contributed by atoms with E-state index in [1.165, 1.54) is 109 Å². The van der Waals surface area contributed by atoms with E-state index in [1.807, 2.05) is 0 Å². The molecule has 0 aromatic rings. The summed E-state index contributed by atoms with van der Waals surface area (Å²) in [5.41, 5.74) is 0. The van der Waals surface area contributed by atoms with Gasteiger partial charge < -0.3 is 44.4 Å². The van der Waals surface area contributed by atoms with Crippen molar-refractivity contribution in [2.24, 2.45) is 0 Å². The van der Waals surface area contributed by atoms with Gasteiger partial charge >= 0.3 is 8.80 Å². The van der Waals surface area contributed by atoms with E-state index in [4.69, 9.17) is 27.5 Å². The lowest BCUT2D eigenvalue weighted by Crippen LogP contribution is -3.00. The normalized spacial score (nSPS) is 22.8. The van der Waals surface area contributed by atoms with E-state index in [9.17, 15) is 0 Å². The summed E-state index contributed by atoms with van der Waals surface area (Å²) in [5, 5.41) is 0. The van der Waals surface area contributed by atoms with Gasteiger partial charge in [0.25, 0.3) is 0 Å². The fourth-order valence-corrected chi connectivity index (χ4v) is 8.01. The van der Waals surface area contributed by atoms with E-state index >= 15 is 0 Å². The molecule has 3 saturated heterocycles. The summed E-state index contributed by atoms with van der Waals surface area (Å²) >= 11 is 0. The summed E-state index contributed by atoms with van der Waals surface area (Å²) in [4.78, 5) is 0. The van der Waals surface area contributed by atoms with Crippen molar-refractivity contribution < 1.29 is 44.4 Å². The Morgan fingerprint density at radius 2 is 0.854 bits per heavy atom. The van der Waals surface area contributed by atoms with Crippen LogP contribution in [0.4, 0.5) is 0 Å². The number of nitrogens with zero attached hydrogens (tertiary/aromatic N) is 1. The summed E-state index contributed by atoms with van der Waals surface area (Å²) in [6, 6.07) is 0.847. The lowest BCUT2D eigenvalue weighted by atomic mass is 10.0. The number of unbranched alkanes of at least 4 members (excludes halogenated alkanes) is 15. The van der Waals surface area contributed by atoms with E-state index in [0.717, 1.165) is 43.3 Å². The summed E-state index contributed by atoms with van der Waals surface area (Å²) in [7, 11) is 1.94. The maximum Gasteiger partial charge on any atom is 0.501 e. The smallest absolute Gasteiger partial charge is 0.501 e. The molecule has 3 fully saturated rings. The highest BCUT2D eigenvalue weighted by molar-refractivity contribution is 6.60. The molecule has 3 heterocycles. The lowest BCUT2D eigenvalue weighted by Gasteiger charge is -2.33. The Kier molecular flexibility index (Phi) is 19.9. The van der Waals surface area contributed by atoms with Crippen LogP contribution in [-0.4, -0.2) is 98.4 Å². The van der Waals surface area contributed by atoms with Crippen molar-refractivity contribution in [3.8, 4) is 0 Å². The fraction of sp³-hybridized carbons (Fsp3) is 1.00. The van der Waals surface area contributed by atoms with Crippen LogP contribution >= 0.6 is 0 Å². The van der Waals surface area contributed by atoms with Crippen molar-refractivity contribution in [2.75, 3.05) is 66.8 Å². The maximum atomic E-state index is 6.37. The van der Waals surface area contributed by atoms with Gasteiger partial charge in [0.2, 0.25) is 0 Å². The largest absolute Gasteiger partial charge is 1.00 e. The van der Waals surface area contributed by atoms with Crippen LogP contribution in [-0.2, 0) is 27.5 Å². The van der Waals surface area contributed by atoms with Crippen LogP contribution in [0.2, 0.25) is 6.04 Å². The van der Waals surface area contributed by atoms with Gasteiger partial charge in [-0.15, -0.1) is 0 Å². The van der Waals surface area contributed by atoms with E-state index < -0.39 is 8.80 Å². The van der Waals surface area contributed by atoms with Crippen LogP contribution in [0, 0.1) is 0 Å². The zero-order valence-electron chi connectivity index (χ0n) is 26.9. The van der Waals surface area contributed by atoms with Crippen LogP contribution in [0.15, 0.2) is 0 Å². The average Bonchev–Trinajstić information content (AvgIpc) is 3.79. The first-order chi connectivity index (χ1) is 19.5. The van der Waals surface area contributed by atoms with Gasteiger partial charge in [-0.05, 0) is 12.8 Å². The van der Waals surface area contributed by atoms with E-state index in [1.54, 1.807) is 0 Å². The van der Waals surface area contributed by atoms with Gasteiger partial charge in [0.1, 0.15) is 18.3 Å². The van der Waals surface area contributed by atoms with Gasteiger partial charge in [0.05, 0.1) is 66.8 Å². The molecule has 0 aliphatic carbocycles. The van der Waals surface area contributed by atoms with Gasteiger partial charge in [0.15, 0.2) is 0 Å². The molecule has 9 heteroatoms. The molecule has 0 spiro atoms. The second-order valence-electron chi connectivity index (χ2n) is 13.3. The Morgan fingerprint density at radius 3 is 1.20 bits per heavy atom. The number of epoxide rings is 3. The lowest BCUT2D eigenvalue weighted by molar-refractivity contribution is -0.890. The van der Waals surface area contributed by atoms with Crippen LogP contribution in [0.3, 0.4) is 0 Å². The van der Waals surface area contributed by atoms with Crippen LogP contribution in [0.1, 0.15) is 116 Å². The van der Waals surface area contributed by atoms with E-state index in [-0.39, 0.29) is 30.7 Å². The van der Waals surface area contributed by atoms with Crippen LogP contribution < -0.4 is 12.4 Å². The Hall–Kier alpha value is 0.227. The zero-order chi connectivity index (χ0) is 28.4. The van der Waals surface area contributed by atoms with E-state index in [2.05, 4.69) is 21.0 Å². The van der Waals surface area contributed by atoms with Gasteiger partial charge in [-0.1, -0.05) is 96.8 Å². The minimum Gasteiger partial charge on any atom is -1.00 e. The highest BCUT2D eigenvalue weighted by atomic mass is 35.5. The Balaban J connectivity index is 0.00000588. The monoisotopic (exact) mass is 621 g/mol. The molecule has 0 bridgehead atoms. The molecular weight excluding hydrogens is 558 g/mol. The van der Waals surface area contributed by atoms with Gasteiger partial charge in [-0.2, -0.15) is 0 Å². The van der Waals surface area contributed by atoms with Crippen LogP contribution in [0.5, 0.6) is 0 Å². The third-order valence-corrected chi connectivity index (χ3v) is 11.3. The highest BCUT2D eigenvalue weighted by Crippen LogP contribution is 2.26. The molecule has 0 radical (unpaired) electrons. The second-order valence-corrected chi connectivity index (χ2v) is 16.0. The number of ether oxygens (including phenoxy) is 3. The molecule has 3 rings (SSSR count). The molecule has 244 valence electrons. The molecule has 7 nitrogen and oxygen atoms in total. The molecule has 3 unspecified atom stereocenters. The maximum absolute atomic E-state index is 6.37. The molecule has 0 aromatic heterocycles. The van der Waals surface area contributed by atoms with Crippen molar-refractivity contribution >= 4 is 8.80 Å². The first-order valence-corrected chi connectivity index (χ1v) is 19.0. The molecule has 0 saturated carbocycles. The van der Waals surface area contributed by atoms with Crippen molar-refractivity contribution in [1.29, 1.82) is 0 Å². The Labute approximate surface area is 260 Å². The first kappa shape index (κ1) is 37.4. The van der Waals surface area contributed by atoms with Gasteiger partial charge in [0, 0.05) is 12.5 Å². The molecule has 3 aliphatic heterocycles. The molecular formula is C32H64ClNO6Si. The minimum atomic E-state index is -2.79. The van der Waals surface area contributed by atoms with Gasteiger partial charge in [-0.3, -0.25) is 0 Å². The standard InChI is InChI=1S/C32H64NO6Si.ClH/c1-4-5-6-7-8-9-10-11-12-13-14-15-16-17-18-19-21-33(2,3)22-20-23-40(37-27-30-24-34-30,38-28-31-25-35-31)39-29-32-26-36-32;/h30-32H,4-29H2,1-3H3;1H/q+1;/p-1. The third-order valence-electron chi connectivity index (χ3n) is 8.54. The molecule has 3 aliphatic rings. The van der Waals surface area contributed by atoms with Gasteiger partial charge in [-0.25, -0.2) is 0 Å². The van der Waals surface area contributed by atoms with Crippen molar-refractivity contribution in [2.45, 2.75) is 140 Å². The Bertz CT molecular complexity index is 593. The predicted octanol–water partition coefficient (Wildman–Crippen LogP) is 3.90. The number of hydrogen-bond acceptors (Lipinski definition) is 6. The molecule has 0 amide bonds. The summed E-state index contributed by atoms with van der Waals surface area (Å²) in [6.45, 7) is 8.70. The zero-order valence-corrected chi connectivity index (χ0v) is 28.6. The quantitative estimate of drug-likeness (QED) is 0.0525. The molecule has 3 atom stereocenters. The average molecular weight is 622 g/mol. The summed E-state index contributed by atoms with van der Waals surface area (Å²) in [6.07, 6.45) is 24.4. The van der Waals surface area contributed by atoms with Crippen molar-refractivity contribution in [3.63, 3.8) is 0 Å². The Morgan fingerprint density at radius 1 is 0.537 bits per heavy atom. The summed E-state index contributed by atoms with van der Waals surface area (Å²) in [5.74, 6) is 0. The third kappa shape index (κ3) is 20.0. The predicted molar refractivity (Wildman–Crippen MR) is 164 cm³/mol.